The summed E-state index contributed by atoms with van der Waals surface area (Å²) in [6.45, 7) is 0.120. The number of amides is 4. The van der Waals surface area contributed by atoms with Crippen LogP contribution < -0.4 is 15.4 Å². The predicted octanol–water partition coefficient (Wildman–Crippen LogP) is 3.87. The van der Waals surface area contributed by atoms with Crippen molar-refractivity contribution in [3.8, 4) is 5.75 Å². The summed E-state index contributed by atoms with van der Waals surface area (Å²) in [6.07, 6.45) is 5.89. The minimum Gasteiger partial charge on any atom is -0.490 e. The van der Waals surface area contributed by atoms with Gasteiger partial charge in [-0.15, -0.1) is 0 Å². The molecule has 2 aromatic heterocycles. The minimum absolute atomic E-state index is 0.153. The van der Waals surface area contributed by atoms with E-state index in [1.807, 2.05) is 18.2 Å². The number of likely N-dealkylation sites (tertiary alicyclic amines) is 1. The van der Waals surface area contributed by atoms with Crippen LogP contribution in [0.4, 0.5) is 10.5 Å². The van der Waals surface area contributed by atoms with E-state index in [0.717, 1.165) is 10.9 Å². The second-order valence-electron chi connectivity index (χ2n) is 9.15. The molecule has 3 N–H and O–H groups in total. The van der Waals surface area contributed by atoms with Crippen molar-refractivity contribution in [1.82, 2.24) is 9.97 Å². The predicted molar refractivity (Wildman–Crippen MR) is 139 cm³/mol. The number of nitrogens with one attached hydrogen (secondary N) is 1. The number of nitrogens with two attached hydrogens (primary N) is 1. The fourth-order valence-electron chi connectivity index (χ4n) is 4.80. The number of aromatic amines is 1. The first-order chi connectivity index (χ1) is 18.0. The van der Waals surface area contributed by atoms with Gasteiger partial charge in [-0.2, -0.15) is 4.48 Å². The van der Waals surface area contributed by atoms with E-state index >= 15 is 0 Å². The lowest BCUT2D eigenvalue weighted by atomic mass is 10.0. The minimum atomic E-state index is -0.722. The number of urea groups is 1. The summed E-state index contributed by atoms with van der Waals surface area (Å²) < 4.78 is 5.48. The summed E-state index contributed by atoms with van der Waals surface area (Å²) in [5.74, 6) is -0.0760. The van der Waals surface area contributed by atoms with E-state index in [4.69, 9.17) is 10.5 Å². The number of piperidine rings is 1. The van der Waals surface area contributed by atoms with Crippen molar-refractivity contribution in [2.75, 3.05) is 24.5 Å². The monoisotopic (exact) mass is 498 g/mol. The summed E-state index contributed by atoms with van der Waals surface area (Å²) in [7, 11) is 0. The highest BCUT2D eigenvalue weighted by Crippen LogP contribution is 2.26. The maximum Gasteiger partial charge on any atom is 0.421 e. The van der Waals surface area contributed by atoms with Gasteiger partial charge in [-0.1, -0.05) is 24.3 Å². The molecule has 3 heterocycles. The molecule has 0 aliphatic carbocycles. The molecule has 5 rings (SSSR count). The number of benzene rings is 2. The van der Waals surface area contributed by atoms with Gasteiger partial charge in [-0.05, 0) is 47.9 Å². The van der Waals surface area contributed by atoms with Gasteiger partial charge in [0, 0.05) is 48.2 Å². The number of quaternary nitrogens is 1. The zero-order valence-corrected chi connectivity index (χ0v) is 20.2. The number of carbonyl (C=O) groups excluding carboxylic acids is 3. The van der Waals surface area contributed by atoms with E-state index in [2.05, 4.69) is 9.97 Å². The number of pyridine rings is 1. The maximum atomic E-state index is 13.7. The Morgan fingerprint density at radius 2 is 1.73 bits per heavy atom. The standard InChI is InChI=1S/C28H27N5O4/c29-28(36)33(16-11-24(12-17-33)37-23-9-13-30-14-10-23)26(34)19-32(22-4-2-1-3-5-22)27(35)21-7-6-20-8-15-31-25(20)18-21/h1-10,13-15,18,24H,11-12,16-17,19H2,(H2-,29,31,35,36)/p+1. The van der Waals surface area contributed by atoms with Crippen molar-refractivity contribution in [3.05, 3.63) is 90.9 Å². The molecule has 37 heavy (non-hydrogen) atoms. The number of aromatic nitrogens is 2. The third-order valence-corrected chi connectivity index (χ3v) is 6.93. The highest BCUT2D eigenvalue weighted by molar-refractivity contribution is 6.10. The molecule has 0 spiro atoms. The number of fused-ring (bicyclic) bond motifs is 1. The van der Waals surface area contributed by atoms with Gasteiger partial charge in [-0.3, -0.25) is 14.7 Å². The molecule has 1 saturated heterocycles. The Hall–Kier alpha value is -4.50. The second-order valence-corrected chi connectivity index (χ2v) is 9.15. The summed E-state index contributed by atoms with van der Waals surface area (Å²) in [5, 5.41) is 0.981. The number of anilines is 1. The maximum absolute atomic E-state index is 13.7. The lowest BCUT2D eigenvalue weighted by Crippen LogP contribution is -2.66. The zero-order valence-electron chi connectivity index (χ0n) is 20.2. The Bertz CT molecular complexity index is 1410. The third-order valence-electron chi connectivity index (χ3n) is 6.93. The van der Waals surface area contributed by atoms with Crippen LogP contribution in [0.2, 0.25) is 0 Å². The van der Waals surface area contributed by atoms with Crippen LogP contribution >= 0.6 is 0 Å². The van der Waals surface area contributed by atoms with Crippen LogP contribution in [-0.4, -0.2) is 58.0 Å². The number of imide groups is 1. The molecule has 0 unspecified atom stereocenters. The van der Waals surface area contributed by atoms with E-state index in [1.54, 1.807) is 67.1 Å². The Labute approximate surface area is 214 Å². The molecule has 4 aromatic rings. The van der Waals surface area contributed by atoms with Gasteiger partial charge >= 0.3 is 11.9 Å². The Kier molecular flexibility index (Phi) is 6.70. The number of hydrogen-bond acceptors (Lipinski definition) is 5. The van der Waals surface area contributed by atoms with Crippen molar-refractivity contribution in [1.29, 1.82) is 0 Å². The second kappa shape index (κ2) is 10.2. The number of rotatable bonds is 6. The summed E-state index contributed by atoms with van der Waals surface area (Å²) >= 11 is 0. The van der Waals surface area contributed by atoms with Crippen molar-refractivity contribution >= 4 is 34.4 Å². The first-order valence-electron chi connectivity index (χ1n) is 12.2. The van der Waals surface area contributed by atoms with Crippen LogP contribution in [0.3, 0.4) is 0 Å². The van der Waals surface area contributed by atoms with Crippen LogP contribution in [0.15, 0.2) is 85.3 Å². The Morgan fingerprint density at radius 3 is 2.43 bits per heavy atom. The molecule has 2 aromatic carbocycles. The number of hydrogen-bond donors (Lipinski definition) is 2. The van der Waals surface area contributed by atoms with Gasteiger partial charge in [-0.25, -0.2) is 9.59 Å². The fraction of sp³-hybridized carbons (Fsp3) is 0.214. The lowest BCUT2D eigenvalue weighted by molar-refractivity contribution is -0.779. The molecule has 188 valence electrons. The smallest absolute Gasteiger partial charge is 0.421 e. The summed E-state index contributed by atoms with van der Waals surface area (Å²) in [4.78, 5) is 48.6. The van der Waals surface area contributed by atoms with Crippen molar-refractivity contribution < 1.29 is 23.6 Å². The van der Waals surface area contributed by atoms with Gasteiger partial charge < -0.3 is 15.5 Å². The zero-order chi connectivity index (χ0) is 25.8. The van der Waals surface area contributed by atoms with Gasteiger partial charge in [0.2, 0.25) is 0 Å². The fourth-order valence-corrected chi connectivity index (χ4v) is 4.80. The van der Waals surface area contributed by atoms with Crippen LogP contribution in [0.5, 0.6) is 5.75 Å². The van der Waals surface area contributed by atoms with E-state index in [1.165, 1.54) is 4.90 Å². The molecule has 1 aliphatic rings. The Balaban J connectivity index is 1.37. The molecule has 0 radical (unpaired) electrons. The first kappa shape index (κ1) is 24.2. The highest BCUT2D eigenvalue weighted by atomic mass is 16.5. The van der Waals surface area contributed by atoms with Crippen LogP contribution in [0, 0.1) is 0 Å². The molecule has 0 saturated carbocycles. The largest absolute Gasteiger partial charge is 0.490 e. The Morgan fingerprint density at radius 1 is 1.00 bits per heavy atom. The van der Waals surface area contributed by atoms with E-state index < -0.39 is 16.4 Å². The normalized spacial score (nSPS) is 19.3. The molecule has 1 fully saturated rings. The van der Waals surface area contributed by atoms with Crippen molar-refractivity contribution in [3.63, 3.8) is 0 Å². The van der Waals surface area contributed by atoms with Gasteiger partial charge in [0.15, 0.2) is 0 Å². The number of carbonyl (C=O) groups is 3. The highest BCUT2D eigenvalue weighted by Gasteiger charge is 2.47. The van der Waals surface area contributed by atoms with Crippen LogP contribution in [0.25, 0.3) is 10.9 Å². The topological polar surface area (TPSA) is 118 Å². The van der Waals surface area contributed by atoms with Crippen molar-refractivity contribution in [2.24, 2.45) is 5.73 Å². The van der Waals surface area contributed by atoms with Gasteiger partial charge in [0.05, 0.1) is 13.1 Å². The van der Waals surface area contributed by atoms with Crippen LogP contribution in [-0.2, 0) is 4.79 Å². The summed E-state index contributed by atoms with van der Waals surface area (Å²) in [6, 6.07) is 19.1. The molecule has 0 bridgehead atoms. The third kappa shape index (κ3) is 4.94. The molecular weight excluding hydrogens is 470 g/mol. The molecule has 0 atom stereocenters. The number of H-pyrrole nitrogens is 1. The van der Waals surface area contributed by atoms with Gasteiger partial charge in [0.25, 0.3) is 5.91 Å². The van der Waals surface area contributed by atoms with E-state index in [0.29, 0.717) is 29.8 Å². The molecule has 9 heteroatoms. The van der Waals surface area contributed by atoms with Crippen LogP contribution in [0.1, 0.15) is 23.2 Å². The van der Waals surface area contributed by atoms with Gasteiger partial charge in [0.1, 0.15) is 18.4 Å². The number of primary amides is 1. The number of ether oxygens (including phenoxy) is 1. The molecule has 4 amide bonds. The lowest BCUT2D eigenvalue weighted by Gasteiger charge is -2.38. The molecule has 1 aliphatic heterocycles. The molecule has 9 nitrogen and oxygen atoms in total. The first-order valence-corrected chi connectivity index (χ1v) is 12.2. The quantitative estimate of drug-likeness (QED) is 0.391. The number of para-hydroxylation sites is 1. The summed E-state index contributed by atoms with van der Waals surface area (Å²) in [5.41, 5.74) is 7.62. The average Bonchev–Trinajstić information content (AvgIpc) is 3.41. The SMILES string of the molecule is NC(=O)[N+]1(C(=O)CN(C(=O)c2ccc3cc[nH]c3c2)c2ccccc2)CCC(Oc2ccncc2)CC1. The average molecular weight is 499 g/mol. The van der Waals surface area contributed by atoms with E-state index in [9.17, 15) is 14.4 Å². The number of nitrogens with zero attached hydrogens (tertiary/aromatic N) is 3. The molecular formula is C28H28N5O4+. The van der Waals surface area contributed by atoms with Crippen molar-refractivity contribution in [2.45, 2.75) is 18.9 Å². The van der Waals surface area contributed by atoms with E-state index in [-0.39, 0.29) is 31.6 Å².